The number of carbonyl (C=O) groups is 2. The normalized spacial score (nSPS) is 12.4. The van der Waals surface area contributed by atoms with E-state index in [-0.39, 0.29) is 11.9 Å². The molecule has 0 bridgehead atoms. The molecule has 0 radical (unpaired) electrons. The number of rotatable bonds is 7. The standard InChI is InChI=1S/C19H30N2O3/c1-6-7-8-10-14(2)20-17(22)15-11-9-12-16(13-15)21-18(23)24-19(3,4)5/h9,11-14H,6-8,10H2,1-5H3,(H,20,22)(H,21,23). The number of nitrogens with one attached hydrogen (secondary N) is 2. The number of carbonyl (C=O) groups excluding carboxylic acids is 2. The average molecular weight is 334 g/mol. The largest absolute Gasteiger partial charge is 0.444 e. The highest BCUT2D eigenvalue weighted by Gasteiger charge is 2.17. The first-order valence-corrected chi connectivity index (χ1v) is 8.62. The quantitative estimate of drug-likeness (QED) is 0.708. The molecule has 1 unspecified atom stereocenters. The Morgan fingerprint density at radius 2 is 1.92 bits per heavy atom. The molecule has 5 heteroatoms. The van der Waals surface area contributed by atoms with Crippen LogP contribution in [0.5, 0.6) is 0 Å². The van der Waals surface area contributed by atoms with E-state index in [1.807, 2.05) is 6.92 Å². The molecule has 1 aromatic rings. The maximum absolute atomic E-state index is 12.3. The van der Waals surface area contributed by atoms with Crippen LogP contribution < -0.4 is 10.6 Å². The number of benzene rings is 1. The van der Waals surface area contributed by atoms with Crippen molar-refractivity contribution in [1.82, 2.24) is 5.32 Å². The minimum atomic E-state index is -0.563. The van der Waals surface area contributed by atoms with Crippen molar-refractivity contribution in [1.29, 1.82) is 0 Å². The maximum atomic E-state index is 12.3. The van der Waals surface area contributed by atoms with Crippen molar-refractivity contribution in [2.24, 2.45) is 0 Å². The van der Waals surface area contributed by atoms with E-state index in [4.69, 9.17) is 4.74 Å². The molecular formula is C19H30N2O3. The van der Waals surface area contributed by atoms with Crippen molar-refractivity contribution in [2.45, 2.75) is 71.9 Å². The Labute approximate surface area is 145 Å². The van der Waals surface area contributed by atoms with Gasteiger partial charge in [0.15, 0.2) is 0 Å². The number of anilines is 1. The van der Waals surface area contributed by atoms with E-state index in [0.29, 0.717) is 11.3 Å². The van der Waals surface area contributed by atoms with Gasteiger partial charge in [-0.3, -0.25) is 10.1 Å². The molecule has 24 heavy (non-hydrogen) atoms. The number of amides is 2. The first kappa shape index (κ1) is 20.0. The fraction of sp³-hybridized carbons (Fsp3) is 0.579. The highest BCUT2D eigenvalue weighted by molar-refractivity contribution is 5.96. The topological polar surface area (TPSA) is 67.4 Å². The zero-order valence-electron chi connectivity index (χ0n) is 15.4. The van der Waals surface area contributed by atoms with Crippen LogP contribution >= 0.6 is 0 Å². The van der Waals surface area contributed by atoms with Crippen molar-refractivity contribution in [3.05, 3.63) is 29.8 Å². The molecule has 0 aliphatic rings. The molecule has 134 valence electrons. The van der Waals surface area contributed by atoms with E-state index >= 15 is 0 Å². The average Bonchev–Trinajstić information content (AvgIpc) is 2.45. The molecule has 2 amide bonds. The van der Waals surface area contributed by atoms with Gasteiger partial charge in [0, 0.05) is 17.3 Å². The van der Waals surface area contributed by atoms with Gasteiger partial charge in [0.05, 0.1) is 0 Å². The molecule has 0 fully saturated rings. The van der Waals surface area contributed by atoms with Crippen LogP contribution in [0.15, 0.2) is 24.3 Å². The Hall–Kier alpha value is -2.04. The number of ether oxygens (including phenoxy) is 1. The summed E-state index contributed by atoms with van der Waals surface area (Å²) in [5.41, 5.74) is 0.494. The molecule has 0 saturated carbocycles. The van der Waals surface area contributed by atoms with Gasteiger partial charge in [-0.2, -0.15) is 0 Å². The first-order valence-electron chi connectivity index (χ1n) is 8.62. The summed E-state index contributed by atoms with van der Waals surface area (Å²) >= 11 is 0. The molecule has 0 spiro atoms. The first-order chi connectivity index (χ1) is 11.2. The van der Waals surface area contributed by atoms with Gasteiger partial charge in [0.2, 0.25) is 0 Å². The van der Waals surface area contributed by atoms with Crippen molar-refractivity contribution < 1.29 is 14.3 Å². The molecule has 1 rings (SSSR count). The highest BCUT2D eigenvalue weighted by Crippen LogP contribution is 2.14. The van der Waals surface area contributed by atoms with Gasteiger partial charge in [-0.15, -0.1) is 0 Å². The molecule has 0 saturated heterocycles. The Kier molecular flexibility index (Phi) is 7.75. The molecule has 0 aliphatic carbocycles. The third-order valence-electron chi connectivity index (χ3n) is 3.39. The monoisotopic (exact) mass is 334 g/mol. The van der Waals surface area contributed by atoms with E-state index in [2.05, 4.69) is 17.6 Å². The number of hydrogen-bond donors (Lipinski definition) is 2. The van der Waals surface area contributed by atoms with Gasteiger partial charge in [0.25, 0.3) is 5.91 Å². The van der Waals surface area contributed by atoms with Crippen molar-refractivity contribution in [3.63, 3.8) is 0 Å². The molecule has 5 nitrogen and oxygen atoms in total. The van der Waals surface area contributed by atoms with Gasteiger partial charge in [0.1, 0.15) is 5.60 Å². The third-order valence-corrected chi connectivity index (χ3v) is 3.39. The number of hydrogen-bond acceptors (Lipinski definition) is 3. The summed E-state index contributed by atoms with van der Waals surface area (Å²) in [5, 5.41) is 5.64. The second-order valence-electron chi connectivity index (χ2n) is 7.08. The zero-order chi connectivity index (χ0) is 18.2. The molecule has 0 aromatic heterocycles. The fourth-order valence-electron chi connectivity index (χ4n) is 2.24. The fourth-order valence-corrected chi connectivity index (χ4v) is 2.24. The van der Waals surface area contributed by atoms with Crippen LogP contribution in [0.25, 0.3) is 0 Å². The van der Waals surface area contributed by atoms with Crippen molar-refractivity contribution >= 4 is 17.7 Å². The highest BCUT2D eigenvalue weighted by atomic mass is 16.6. The van der Waals surface area contributed by atoms with Gasteiger partial charge in [-0.1, -0.05) is 32.3 Å². The van der Waals surface area contributed by atoms with Gasteiger partial charge < -0.3 is 10.1 Å². The van der Waals surface area contributed by atoms with Gasteiger partial charge in [-0.25, -0.2) is 4.79 Å². The second-order valence-corrected chi connectivity index (χ2v) is 7.08. The summed E-state index contributed by atoms with van der Waals surface area (Å²) in [7, 11) is 0. The van der Waals surface area contributed by atoms with Crippen LogP contribution in [0.2, 0.25) is 0 Å². The van der Waals surface area contributed by atoms with E-state index < -0.39 is 11.7 Å². The Bertz CT molecular complexity index is 550. The van der Waals surface area contributed by atoms with Crippen LogP contribution in [0, 0.1) is 0 Å². The van der Waals surface area contributed by atoms with Crippen molar-refractivity contribution in [3.8, 4) is 0 Å². The predicted molar refractivity (Wildman–Crippen MR) is 97.4 cm³/mol. The molecule has 0 aliphatic heterocycles. The van der Waals surface area contributed by atoms with E-state index in [0.717, 1.165) is 12.8 Å². The van der Waals surface area contributed by atoms with Gasteiger partial charge >= 0.3 is 6.09 Å². The lowest BCUT2D eigenvalue weighted by molar-refractivity contribution is 0.0635. The lowest BCUT2D eigenvalue weighted by Gasteiger charge is -2.20. The summed E-state index contributed by atoms with van der Waals surface area (Å²) in [5.74, 6) is -0.133. The smallest absolute Gasteiger partial charge is 0.412 e. The lowest BCUT2D eigenvalue weighted by Crippen LogP contribution is -2.32. The second kappa shape index (κ2) is 9.30. The maximum Gasteiger partial charge on any atom is 0.412 e. The summed E-state index contributed by atoms with van der Waals surface area (Å²) in [4.78, 5) is 24.1. The Morgan fingerprint density at radius 1 is 1.21 bits per heavy atom. The molecule has 1 atom stereocenters. The molecule has 0 heterocycles. The van der Waals surface area contributed by atoms with E-state index in [1.54, 1.807) is 45.0 Å². The van der Waals surface area contributed by atoms with Gasteiger partial charge in [-0.05, 0) is 52.3 Å². The Morgan fingerprint density at radius 3 is 2.54 bits per heavy atom. The van der Waals surface area contributed by atoms with Crippen LogP contribution in [-0.4, -0.2) is 23.6 Å². The Balaban J connectivity index is 2.60. The lowest BCUT2D eigenvalue weighted by atomic mass is 10.1. The summed E-state index contributed by atoms with van der Waals surface area (Å²) < 4.78 is 5.21. The summed E-state index contributed by atoms with van der Waals surface area (Å²) in [6.07, 6.45) is 3.88. The van der Waals surface area contributed by atoms with Crippen molar-refractivity contribution in [2.75, 3.05) is 5.32 Å². The molecule has 1 aromatic carbocycles. The zero-order valence-corrected chi connectivity index (χ0v) is 15.4. The summed E-state index contributed by atoms with van der Waals surface area (Å²) in [6, 6.07) is 6.98. The predicted octanol–water partition coefficient (Wildman–Crippen LogP) is 4.73. The number of unbranched alkanes of at least 4 members (excludes halogenated alkanes) is 2. The third kappa shape index (κ3) is 7.99. The SMILES string of the molecule is CCCCCC(C)NC(=O)c1cccc(NC(=O)OC(C)(C)C)c1. The van der Waals surface area contributed by atoms with Crippen LogP contribution in [0.1, 0.15) is 70.7 Å². The summed E-state index contributed by atoms with van der Waals surface area (Å²) in [6.45, 7) is 9.58. The minimum Gasteiger partial charge on any atom is -0.444 e. The molecule has 2 N–H and O–H groups in total. The minimum absolute atomic E-state index is 0.131. The van der Waals surface area contributed by atoms with E-state index in [1.165, 1.54) is 12.8 Å². The van der Waals surface area contributed by atoms with Crippen LogP contribution in [0.3, 0.4) is 0 Å². The van der Waals surface area contributed by atoms with Crippen LogP contribution in [-0.2, 0) is 4.74 Å². The molecular weight excluding hydrogens is 304 g/mol. The van der Waals surface area contributed by atoms with E-state index in [9.17, 15) is 9.59 Å². The van der Waals surface area contributed by atoms with Crippen LogP contribution in [0.4, 0.5) is 10.5 Å².